The Labute approximate surface area is 295 Å². The first-order chi connectivity index (χ1) is 23.6. The van der Waals surface area contributed by atoms with Crippen molar-refractivity contribution in [3.05, 3.63) is 85.1 Å². The van der Waals surface area contributed by atoms with E-state index in [2.05, 4.69) is 98.9 Å². The summed E-state index contributed by atoms with van der Waals surface area (Å²) in [7, 11) is 0. The second-order valence-electron chi connectivity index (χ2n) is 12.3. The number of allylic oxidation sites excluding steroid dienone is 14. The number of aliphatic hydroxyl groups is 1. The molecule has 0 unspecified atom stereocenters. The summed E-state index contributed by atoms with van der Waals surface area (Å²) in [6.45, 7) is 3.99. The van der Waals surface area contributed by atoms with Gasteiger partial charge in [-0.15, -0.1) is 0 Å². The minimum atomic E-state index is -0.809. The maximum atomic E-state index is 12.1. The van der Waals surface area contributed by atoms with Crippen LogP contribution in [0.15, 0.2) is 85.1 Å². The van der Waals surface area contributed by atoms with Crippen LogP contribution in [0.4, 0.5) is 0 Å². The predicted molar refractivity (Wildman–Crippen MR) is 205 cm³/mol. The summed E-state index contributed by atoms with van der Waals surface area (Å²) in [6.07, 6.45) is 52.1. The van der Waals surface area contributed by atoms with Crippen LogP contribution in [0.1, 0.15) is 155 Å². The molecule has 0 bridgehead atoms. The molecular weight excluding hydrogens is 596 g/mol. The molecule has 0 aromatic rings. The molecule has 1 N–H and O–H groups in total. The summed E-state index contributed by atoms with van der Waals surface area (Å²) in [5.41, 5.74) is 0. The molecule has 0 fully saturated rings. The summed E-state index contributed by atoms with van der Waals surface area (Å²) in [6, 6.07) is 0. The zero-order valence-corrected chi connectivity index (χ0v) is 30.7. The summed E-state index contributed by atoms with van der Waals surface area (Å²) >= 11 is 0. The van der Waals surface area contributed by atoms with Crippen molar-refractivity contribution in [1.29, 1.82) is 0 Å². The zero-order valence-electron chi connectivity index (χ0n) is 30.7. The van der Waals surface area contributed by atoms with Crippen molar-refractivity contribution in [2.24, 2.45) is 0 Å². The van der Waals surface area contributed by atoms with Crippen LogP contribution >= 0.6 is 0 Å². The lowest BCUT2D eigenvalue weighted by Crippen LogP contribution is -2.28. The van der Waals surface area contributed by atoms with Gasteiger partial charge in [0.25, 0.3) is 0 Å². The Morgan fingerprint density at radius 1 is 0.479 bits per heavy atom. The second-order valence-corrected chi connectivity index (χ2v) is 12.3. The summed E-state index contributed by atoms with van der Waals surface area (Å²) in [5.74, 6) is -0.691. The van der Waals surface area contributed by atoms with Gasteiger partial charge in [0, 0.05) is 12.8 Å². The Kier molecular flexibility index (Phi) is 36.2. The summed E-state index contributed by atoms with van der Waals surface area (Å²) < 4.78 is 10.5. The van der Waals surface area contributed by atoms with Crippen molar-refractivity contribution in [2.45, 2.75) is 161 Å². The van der Waals surface area contributed by atoms with Crippen LogP contribution in [-0.4, -0.2) is 36.4 Å². The first kappa shape index (κ1) is 45.1. The van der Waals surface area contributed by atoms with Gasteiger partial charge in [-0.2, -0.15) is 0 Å². The fraction of sp³-hybridized carbons (Fsp3) is 0.628. The number of rotatable bonds is 33. The average molecular weight is 667 g/mol. The lowest BCUT2D eigenvalue weighted by molar-refractivity contribution is -0.161. The molecule has 0 aliphatic rings. The molecule has 0 aliphatic carbocycles. The number of hydrogen-bond acceptors (Lipinski definition) is 5. The number of ether oxygens (including phenoxy) is 2. The molecule has 0 heterocycles. The minimum absolute atomic E-state index is 0.108. The normalized spacial score (nSPS) is 13.1. The number of carbonyl (C=O) groups is 2. The van der Waals surface area contributed by atoms with E-state index in [1.165, 1.54) is 51.4 Å². The molecule has 0 aromatic heterocycles. The summed E-state index contributed by atoms with van der Waals surface area (Å²) in [4.78, 5) is 24.2. The number of carbonyl (C=O) groups excluding carboxylic acids is 2. The van der Waals surface area contributed by atoms with E-state index in [0.29, 0.717) is 19.3 Å². The molecule has 0 spiro atoms. The molecule has 0 aliphatic heterocycles. The molecule has 0 radical (unpaired) electrons. The molecule has 5 heteroatoms. The van der Waals surface area contributed by atoms with Gasteiger partial charge in [0.1, 0.15) is 6.61 Å². The lowest BCUT2D eigenvalue weighted by Gasteiger charge is -2.15. The summed E-state index contributed by atoms with van der Waals surface area (Å²) in [5, 5.41) is 9.54. The van der Waals surface area contributed by atoms with E-state index in [-0.39, 0.29) is 25.2 Å². The topological polar surface area (TPSA) is 72.8 Å². The van der Waals surface area contributed by atoms with E-state index < -0.39 is 6.10 Å². The highest BCUT2D eigenvalue weighted by Crippen LogP contribution is 2.09. The monoisotopic (exact) mass is 667 g/mol. The van der Waals surface area contributed by atoms with Gasteiger partial charge < -0.3 is 14.6 Å². The Morgan fingerprint density at radius 3 is 1.29 bits per heavy atom. The van der Waals surface area contributed by atoms with E-state index in [1.807, 2.05) is 0 Å². The Balaban J connectivity index is 3.74. The number of aliphatic hydroxyl groups excluding tert-OH is 1. The van der Waals surface area contributed by atoms with E-state index in [1.54, 1.807) is 0 Å². The zero-order chi connectivity index (χ0) is 35.0. The molecule has 0 saturated heterocycles. The van der Waals surface area contributed by atoms with Crippen LogP contribution in [0, 0.1) is 0 Å². The molecular formula is C43H70O5. The third kappa shape index (κ3) is 35.9. The van der Waals surface area contributed by atoms with Crippen molar-refractivity contribution < 1.29 is 24.2 Å². The van der Waals surface area contributed by atoms with Gasteiger partial charge in [0.15, 0.2) is 6.10 Å². The maximum absolute atomic E-state index is 12.1. The highest BCUT2D eigenvalue weighted by Gasteiger charge is 2.15. The minimum Gasteiger partial charge on any atom is -0.462 e. The molecule has 0 amide bonds. The maximum Gasteiger partial charge on any atom is 0.306 e. The lowest BCUT2D eigenvalue weighted by atomic mass is 10.1. The Bertz CT molecular complexity index is 937. The third-order valence-electron chi connectivity index (χ3n) is 7.66. The van der Waals surface area contributed by atoms with Gasteiger partial charge in [-0.3, -0.25) is 9.59 Å². The van der Waals surface area contributed by atoms with Gasteiger partial charge in [0.05, 0.1) is 6.61 Å². The average Bonchev–Trinajstić information content (AvgIpc) is 3.09. The highest BCUT2D eigenvalue weighted by molar-refractivity contribution is 5.70. The largest absolute Gasteiger partial charge is 0.462 e. The van der Waals surface area contributed by atoms with Crippen molar-refractivity contribution in [3.63, 3.8) is 0 Å². The van der Waals surface area contributed by atoms with Crippen LogP contribution < -0.4 is 0 Å². The van der Waals surface area contributed by atoms with Gasteiger partial charge in [-0.05, 0) is 89.9 Å². The first-order valence-corrected chi connectivity index (χ1v) is 19.1. The van der Waals surface area contributed by atoms with Crippen molar-refractivity contribution >= 4 is 11.9 Å². The second kappa shape index (κ2) is 38.5. The van der Waals surface area contributed by atoms with Crippen LogP contribution in [0.25, 0.3) is 0 Å². The number of unbranched alkanes of at least 4 members (excludes halogenated alkanes) is 11. The Morgan fingerprint density at radius 2 is 0.854 bits per heavy atom. The highest BCUT2D eigenvalue weighted by atomic mass is 16.6. The van der Waals surface area contributed by atoms with Crippen molar-refractivity contribution in [3.8, 4) is 0 Å². The smallest absolute Gasteiger partial charge is 0.306 e. The number of esters is 2. The fourth-order valence-electron chi connectivity index (χ4n) is 4.73. The molecule has 0 aromatic carbocycles. The molecule has 272 valence electrons. The Hall–Kier alpha value is -2.92. The van der Waals surface area contributed by atoms with Crippen molar-refractivity contribution in [1.82, 2.24) is 0 Å². The van der Waals surface area contributed by atoms with Crippen molar-refractivity contribution in [2.75, 3.05) is 13.2 Å². The van der Waals surface area contributed by atoms with Gasteiger partial charge in [-0.25, -0.2) is 0 Å². The van der Waals surface area contributed by atoms with Gasteiger partial charge in [0.2, 0.25) is 0 Å². The van der Waals surface area contributed by atoms with Gasteiger partial charge >= 0.3 is 11.9 Å². The third-order valence-corrected chi connectivity index (χ3v) is 7.66. The van der Waals surface area contributed by atoms with Crippen LogP contribution in [0.3, 0.4) is 0 Å². The quantitative estimate of drug-likeness (QED) is 0.0429. The molecule has 1 atom stereocenters. The standard InChI is InChI=1S/C43H70O5/c1-3-5-7-9-11-13-15-17-19-21-23-25-27-29-31-33-35-37-42(45)47-40-41(39-44)48-43(46)38-36-34-32-30-28-26-24-22-20-18-16-14-12-10-8-6-4-2/h11-14,17-20,23-26,29,31,41,44H,3-10,15-16,21-22,27-28,30,32-40H2,1-2H3/t41-/m0/s1. The molecule has 0 saturated carbocycles. The van der Waals surface area contributed by atoms with E-state index in [0.717, 1.165) is 70.6 Å². The van der Waals surface area contributed by atoms with Crippen LogP contribution in [0.5, 0.6) is 0 Å². The first-order valence-electron chi connectivity index (χ1n) is 19.1. The molecule has 5 nitrogen and oxygen atoms in total. The molecule has 48 heavy (non-hydrogen) atoms. The predicted octanol–water partition coefficient (Wildman–Crippen LogP) is 11.9. The van der Waals surface area contributed by atoms with E-state index in [9.17, 15) is 14.7 Å². The SMILES string of the molecule is CCCCCC=CCC=CCC=CCC=CCCCC(=O)OC[C@H](CO)OC(=O)CCCCCCC=CCC=CCC=CCCCCC. The molecule has 0 rings (SSSR count). The van der Waals surface area contributed by atoms with E-state index >= 15 is 0 Å². The fourth-order valence-corrected chi connectivity index (χ4v) is 4.73. The van der Waals surface area contributed by atoms with Gasteiger partial charge in [-0.1, -0.05) is 137 Å². The number of hydrogen-bond donors (Lipinski definition) is 1. The van der Waals surface area contributed by atoms with E-state index in [4.69, 9.17) is 9.47 Å². The van der Waals surface area contributed by atoms with Crippen LogP contribution in [-0.2, 0) is 19.1 Å². The van der Waals surface area contributed by atoms with Crippen LogP contribution in [0.2, 0.25) is 0 Å².